The summed E-state index contributed by atoms with van der Waals surface area (Å²) in [7, 11) is 2.81. The number of rotatable bonds is 3. The van der Waals surface area contributed by atoms with Crippen LogP contribution in [0.5, 0.6) is 5.75 Å². The van der Waals surface area contributed by atoms with Crippen molar-refractivity contribution in [1.29, 1.82) is 0 Å². The number of nitrogens with one attached hydrogen (secondary N) is 2. The summed E-state index contributed by atoms with van der Waals surface area (Å²) in [5.74, 6) is -0.0210. The molecule has 2 rings (SSSR count). The lowest BCUT2D eigenvalue weighted by Crippen LogP contribution is -2.37. The molecule has 0 atom stereocenters. The number of hydrogen-bond donors (Lipinski definition) is 2. The lowest BCUT2D eigenvalue weighted by atomic mass is 10.2. The summed E-state index contributed by atoms with van der Waals surface area (Å²) in [6.07, 6.45) is 1.10. The van der Waals surface area contributed by atoms with E-state index in [2.05, 4.69) is 10.3 Å². The highest BCUT2D eigenvalue weighted by Gasteiger charge is 2.13. The fourth-order valence-corrected chi connectivity index (χ4v) is 1.63. The maximum atomic E-state index is 12.0. The van der Waals surface area contributed by atoms with Crippen LogP contribution in [0.4, 0.5) is 5.69 Å². The minimum Gasteiger partial charge on any atom is -0.497 e. The van der Waals surface area contributed by atoms with Crippen LogP contribution in [-0.4, -0.2) is 22.6 Å². The van der Waals surface area contributed by atoms with Crippen LogP contribution < -0.4 is 21.3 Å². The molecule has 1 aromatic carbocycles. The summed E-state index contributed by atoms with van der Waals surface area (Å²) >= 11 is 0. The van der Waals surface area contributed by atoms with Crippen molar-refractivity contribution in [2.75, 3.05) is 12.4 Å². The van der Waals surface area contributed by atoms with Crippen molar-refractivity contribution in [2.45, 2.75) is 0 Å². The molecule has 7 nitrogen and oxygen atoms in total. The third-order valence-electron chi connectivity index (χ3n) is 2.75. The molecular formula is C13H13N3O4. The molecule has 0 fully saturated rings. The molecule has 2 aromatic rings. The number of methoxy groups -OCH3 is 1. The number of carbonyl (C=O) groups excluding carboxylic acids is 1. The number of ether oxygens (including phenoxy) is 1. The fourth-order valence-electron chi connectivity index (χ4n) is 1.63. The Kier molecular flexibility index (Phi) is 3.69. The van der Waals surface area contributed by atoms with Gasteiger partial charge in [-0.2, -0.15) is 0 Å². The monoisotopic (exact) mass is 275 g/mol. The molecule has 0 aliphatic carbocycles. The number of hydrogen-bond acceptors (Lipinski definition) is 4. The van der Waals surface area contributed by atoms with Gasteiger partial charge in [0.15, 0.2) is 0 Å². The molecule has 0 unspecified atom stereocenters. The minimum atomic E-state index is -0.658. The zero-order chi connectivity index (χ0) is 14.7. The van der Waals surface area contributed by atoms with Gasteiger partial charge >= 0.3 is 5.69 Å². The number of benzene rings is 1. The lowest BCUT2D eigenvalue weighted by Gasteiger charge is -2.07. The quantitative estimate of drug-likeness (QED) is 0.844. The summed E-state index contributed by atoms with van der Waals surface area (Å²) in [6.45, 7) is 0. The Morgan fingerprint density at radius 1 is 1.35 bits per heavy atom. The molecule has 1 heterocycles. The third kappa shape index (κ3) is 2.61. The van der Waals surface area contributed by atoms with Crippen LogP contribution in [0.2, 0.25) is 0 Å². The Labute approximate surface area is 113 Å². The van der Waals surface area contributed by atoms with Gasteiger partial charge < -0.3 is 15.0 Å². The molecule has 0 aliphatic rings. The first kappa shape index (κ1) is 13.6. The molecule has 7 heteroatoms. The van der Waals surface area contributed by atoms with Crippen molar-refractivity contribution >= 4 is 11.6 Å². The van der Waals surface area contributed by atoms with E-state index in [0.717, 1.165) is 10.8 Å². The van der Waals surface area contributed by atoms with E-state index in [1.54, 1.807) is 24.3 Å². The van der Waals surface area contributed by atoms with Crippen molar-refractivity contribution in [1.82, 2.24) is 9.55 Å². The van der Waals surface area contributed by atoms with Crippen molar-refractivity contribution in [3.63, 3.8) is 0 Å². The Balaban J connectivity index is 2.31. The number of carbonyl (C=O) groups is 1. The van der Waals surface area contributed by atoms with Crippen LogP contribution in [0.1, 0.15) is 10.4 Å². The maximum Gasteiger partial charge on any atom is 0.328 e. The molecule has 0 saturated heterocycles. The second-order valence-electron chi connectivity index (χ2n) is 4.06. The zero-order valence-electron chi connectivity index (χ0n) is 11.0. The molecule has 0 bridgehead atoms. The zero-order valence-corrected chi connectivity index (χ0v) is 11.0. The molecule has 2 N–H and O–H groups in total. The van der Waals surface area contributed by atoms with E-state index in [1.165, 1.54) is 14.2 Å². The standard InChI is InChI=1S/C13H13N3O4/c1-16-12(18)10(7-14-13(16)19)11(17)15-8-4-3-5-9(6-8)20-2/h3-7H,1-2H3,(H,14,19)(H,15,17). The van der Waals surface area contributed by atoms with Gasteiger partial charge in [-0.25, -0.2) is 4.79 Å². The Bertz CT molecular complexity index is 761. The highest BCUT2D eigenvalue weighted by atomic mass is 16.5. The Morgan fingerprint density at radius 3 is 2.80 bits per heavy atom. The van der Waals surface area contributed by atoms with Crippen molar-refractivity contribution in [2.24, 2.45) is 7.05 Å². The van der Waals surface area contributed by atoms with Gasteiger partial charge in [-0.3, -0.25) is 14.2 Å². The highest BCUT2D eigenvalue weighted by Crippen LogP contribution is 2.16. The van der Waals surface area contributed by atoms with Gasteiger partial charge in [-0.1, -0.05) is 6.07 Å². The van der Waals surface area contributed by atoms with Gasteiger partial charge in [0.05, 0.1) is 7.11 Å². The second kappa shape index (κ2) is 5.43. The molecule has 104 valence electrons. The largest absolute Gasteiger partial charge is 0.497 e. The molecule has 1 amide bonds. The van der Waals surface area contributed by atoms with Gasteiger partial charge in [-0.15, -0.1) is 0 Å². The molecule has 0 spiro atoms. The van der Waals surface area contributed by atoms with E-state index in [0.29, 0.717) is 11.4 Å². The Morgan fingerprint density at radius 2 is 2.10 bits per heavy atom. The number of amides is 1. The second-order valence-corrected chi connectivity index (χ2v) is 4.06. The highest BCUT2D eigenvalue weighted by molar-refractivity contribution is 6.03. The lowest BCUT2D eigenvalue weighted by molar-refractivity contribution is 0.102. The van der Waals surface area contributed by atoms with E-state index >= 15 is 0 Å². The van der Waals surface area contributed by atoms with Crippen molar-refractivity contribution < 1.29 is 9.53 Å². The number of aromatic nitrogens is 2. The number of nitrogens with zero attached hydrogens (tertiary/aromatic N) is 1. The van der Waals surface area contributed by atoms with Crippen LogP contribution in [0.3, 0.4) is 0 Å². The summed E-state index contributed by atoms with van der Waals surface area (Å²) in [6, 6.07) is 6.72. The fraction of sp³-hybridized carbons (Fsp3) is 0.154. The smallest absolute Gasteiger partial charge is 0.328 e. The van der Waals surface area contributed by atoms with Gasteiger partial charge in [0, 0.05) is 25.0 Å². The molecular weight excluding hydrogens is 262 g/mol. The molecule has 0 saturated carbocycles. The van der Waals surface area contributed by atoms with Gasteiger partial charge in [0.25, 0.3) is 11.5 Å². The van der Waals surface area contributed by atoms with E-state index in [4.69, 9.17) is 4.74 Å². The van der Waals surface area contributed by atoms with Crippen LogP contribution >= 0.6 is 0 Å². The average molecular weight is 275 g/mol. The van der Waals surface area contributed by atoms with Crippen LogP contribution in [-0.2, 0) is 7.05 Å². The van der Waals surface area contributed by atoms with Crippen molar-refractivity contribution in [3.8, 4) is 5.75 Å². The number of anilines is 1. The number of aromatic amines is 1. The Hall–Kier alpha value is -2.83. The first-order valence-electron chi connectivity index (χ1n) is 5.77. The predicted octanol–water partition coefficient (Wildman–Crippen LogP) is 0.334. The van der Waals surface area contributed by atoms with Crippen molar-refractivity contribution in [3.05, 3.63) is 56.9 Å². The third-order valence-corrected chi connectivity index (χ3v) is 2.75. The average Bonchev–Trinajstić information content (AvgIpc) is 2.45. The van der Waals surface area contributed by atoms with E-state index in [1.807, 2.05) is 0 Å². The first-order chi connectivity index (χ1) is 9.52. The van der Waals surface area contributed by atoms with E-state index in [9.17, 15) is 14.4 Å². The summed E-state index contributed by atoms with van der Waals surface area (Å²) < 4.78 is 5.87. The maximum absolute atomic E-state index is 12.0. The number of H-pyrrole nitrogens is 1. The summed E-state index contributed by atoms with van der Waals surface area (Å²) in [4.78, 5) is 37.3. The van der Waals surface area contributed by atoms with Gasteiger partial charge in [0.1, 0.15) is 11.3 Å². The predicted molar refractivity (Wildman–Crippen MR) is 73.3 cm³/mol. The van der Waals surface area contributed by atoms with Crippen LogP contribution in [0.15, 0.2) is 40.1 Å². The summed E-state index contributed by atoms with van der Waals surface area (Å²) in [5.41, 5.74) is -0.889. The molecule has 0 radical (unpaired) electrons. The SMILES string of the molecule is COc1cccc(NC(=O)c2c[nH]c(=O)n(C)c2=O)c1. The van der Waals surface area contributed by atoms with E-state index < -0.39 is 17.2 Å². The summed E-state index contributed by atoms with van der Waals surface area (Å²) in [5, 5.41) is 2.57. The molecule has 0 aliphatic heterocycles. The van der Waals surface area contributed by atoms with Gasteiger partial charge in [-0.05, 0) is 12.1 Å². The normalized spacial score (nSPS) is 10.1. The van der Waals surface area contributed by atoms with Gasteiger partial charge in [0.2, 0.25) is 0 Å². The van der Waals surface area contributed by atoms with Crippen LogP contribution in [0.25, 0.3) is 0 Å². The first-order valence-corrected chi connectivity index (χ1v) is 5.77. The minimum absolute atomic E-state index is 0.144. The molecule has 1 aromatic heterocycles. The van der Waals surface area contributed by atoms with Crippen LogP contribution in [0, 0.1) is 0 Å². The topological polar surface area (TPSA) is 93.2 Å². The molecule has 20 heavy (non-hydrogen) atoms. The van der Waals surface area contributed by atoms with E-state index in [-0.39, 0.29) is 5.56 Å².